The van der Waals surface area contributed by atoms with E-state index in [9.17, 15) is 9.59 Å². The lowest BCUT2D eigenvalue weighted by atomic mass is 10.1. The molecule has 3 rings (SSSR count). The fourth-order valence-corrected chi connectivity index (χ4v) is 2.46. The molecule has 0 unspecified atom stereocenters. The molecule has 1 aliphatic heterocycles. The van der Waals surface area contributed by atoms with Crippen molar-refractivity contribution in [3.05, 3.63) is 60.2 Å². The van der Waals surface area contributed by atoms with Gasteiger partial charge in [-0.05, 0) is 30.3 Å². The number of piperidine rings is 1. The highest BCUT2D eigenvalue weighted by Crippen LogP contribution is 2.22. The number of hydrogen-bond donors (Lipinski definition) is 0. The van der Waals surface area contributed by atoms with Gasteiger partial charge in [-0.15, -0.1) is 0 Å². The molecule has 0 aliphatic carbocycles. The largest absolute Gasteiger partial charge is 0.457 e. The molecule has 4 heteroatoms. The summed E-state index contributed by atoms with van der Waals surface area (Å²) in [5.74, 6) is 1.54. The van der Waals surface area contributed by atoms with Gasteiger partial charge in [0.1, 0.15) is 17.3 Å². The monoisotopic (exact) mass is 295 g/mol. The molecule has 0 saturated carbocycles. The summed E-state index contributed by atoms with van der Waals surface area (Å²) in [5.41, 5.74) is 0.586. The Bertz CT molecular complexity index is 672. The molecule has 0 bridgehead atoms. The van der Waals surface area contributed by atoms with Gasteiger partial charge in [-0.3, -0.25) is 9.59 Å². The minimum absolute atomic E-state index is 0.0500. The predicted molar refractivity (Wildman–Crippen MR) is 83.1 cm³/mol. The molecule has 0 atom stereocenters. The van der Waals surface area contributed by atoms with E-state index in [-0.39, 0.29) is 11.7 Å². The molecule has 1 amide bonds. The quantitative estimate of drug-likeness (QED) is 0.873. The van der Waals surface area contributed by atoms with E-state index in [0.717, 1.165) is 5.75 Å². The second kappa shape index (κ2) is 6.43. The second-order valence-electron chi connectivity index (χ2n) is 5.27. The summed E-state index contributed by atoms with van der Waals surface area (Å²) in [4.78, 5) is 25.5. The van der Waals surface area contributed by atoms with Crippen molar-refractivity contribution >= 4 is 11.7 Å². The van der Waals surface area contributed by atoms with Crippen molar-refractivity contribution in [1.29, 1.82) is 0 Å². The Balaban J connectivity index is 1.73. The van der Waals surface area contributed by atoms with Crippen molar-refractivity contribution in [1.82, 2.24) is 4.90 Å². The minimum atomic E-state index is -0.0500. The molecular formula is C18H17NO3. The Kier molecular flexibility index (Phi) is 4.19. The first-order chi connectivity index (χ1) is 10.7. The van der Waals surface area contributed by atoms with Gasteiger partial charge >= 0.3 is 0 Å². The smallest absolute Gasteiger partial charge is 0.254 e. The van der Waals surface area contributed by atoms with Crippen LogP contribution in [0, 0.1) is 0 Å². The van der Waals surface area contributed by atoms with Gasteiger partial charge in [0.2, 0.25) is 0 Å². The Morgan fingerprint density at radius 1 is 0.909 bits per heavy atom. The third-order valence-corrected chi connectivity index (χ3v) is 3.67. The van der Waals surface area contributed by atoms with Gasteiger partial charge in [-0.1, -0.05) is 24.3 Å². The maximum absolute atomic E-state index is 12.5. The van der Waals surface area contributed by atoms with Gasteiger partial charge in [-0.25, -0.2) is 0 Å². The van der Waals surface area contributed by atoms with Crippen LogP contribution in [0.1, 0.15) is 23.2 Å². The molecule has 0 aromatic heterocycles. The van der Waals surface area contributed by atoms with Crippen LogP contribution in [0.25, 0.3) is 0 Å². The fraction of sp³-hybridized carbons (Fsp3) is 0.222. The number of amides is 1. The number of nitrogens with zero attached hydrogens (tertiary/aromatic N) is 1. The van der Waals surface area contributed by atoms with E-state index in [2.05, 4.69) is 0 Å². The molecule has 2 aromatic rings. The van der Waals surface area contributed by atoms with Gasteiger partial charge in [0.25, 0.3) is 5.91 Å². The third kappa shape index (κ3) is 3.34. The summed E-state index contributed by atoms with van der Waals surface area (Å²) in [6, 6.07) is 16.6. The average molecular weight is 295 g/mol. The van der Waals surface area contributed by atoms with Crippen LogP contribution in [0.2, 0.25) is 0 Å². The Hall–Kier alpha value is -2.62. The normalized spacial score (nSPS) is 14.7. The van der Waals surface area contributed by atoms with E-state index in [1.807, 2.05) is 36.4 Å². The summed E-state index contributed by atoms with van der Waals surface area (Å²) in [6.45, 7) is 1.00. The van der Waals surface area contributed by atoms with Crippen LogP contribution in [0.4, 0.5) is 0 Å². The zero-order valence-electron chi connectivity index (χ0n) is 12.2. The highest BCUT2D eigenvalue weighted by Gasteiger charge is 2.22. The van der Waals surface area contributed by atoms with E-state index in [0.29, 0.717) is 37.2 Å². The summed E-state index contributed by atoms with van der Waals surface area (Å²) < 4.78 is 5.75. The zero-order valence-corrected chi connectivity index (χ0v) is 12.2. The lowest BCUT2D eigenvalue weighted by molar-refractivity contribution is -0.120. The molecule has 1 fully saturated rings. The Morgan fingerprint density at radius 2 is 1.59 bits per heavy atom. The number of hydrogen-bond acceptors (Lipinski definition) is 3. The fourth-order valence-electron chi connectivity index (χ4n) is 2.46. The number of ketones is 1. The van der Waals surface area contributed by atoms with E-state index in [4.69, 9.17) is 4.74 Å². The van der Waals surface area contributed by atoms with Crippen LogP contribution in [0.3, 0.4) is 0 Å². The molecule has 112 valence electrons. The minimum Gasteiger partial charge on any atom is -0.457 e. The molecule has 0 spiro atoms. The number of carbonyl (C=O) groups excluding carboxylic acids is 2. The number of ether oxygens (including phenoxy) is 1. The van der Waals surface area contributed by atoms with Crippen molar-refractivity contribution in [2.75, 3.05) is 13.1 Å². The van der Waals surface area contributed by atoms with Crippen molar-refractivity contribution in [3.8, 4) is 11.5 Å². The van der Waals surface area contributed by atoms with Crippen LogP contribution < -0.4 is 4.74 Å². The Labute approximate surface area is 129 Å². The summed E-state index contributed by atoms with van der Waals surface area (Å²) in [5, 5.41) is 0. The van der Waals surface area contributed by atoms with Crippen LogP contribution in [0.15, 0.2) is 54.6 Å². The van der Waals surface area contributed by atoms with Crippen LogP contribution in [0.5, 0.6) is 11.5 Å². The number of benzene rings is 2. The SMILES string of the molecule is O=C1CCN(C(=O)c2cccc(Oc3ccccc3)c2)CC1. The standard InChI is InChI=1S/C18H17NO3/c20-15-9-11-19(12-10-15)18(21)14-5-4-8-17(13-14)22-16-6-2-1-3-7-16/h1-8,13H,9-12H2. The average Bonchev–Trinajstić information content (AvgIpc) is 2.56. The lowest BCUT2D eigenvalue weighted by Gasteiger charge is -2.26. The third-order valence-electron chi connectivity index (χ3n) is 3.67. The number of rotatable bonds is 3. The van der Waals surface area contributed by atoms with Gasteiger partial charge in [-0.2, -0.15) is 0 Å². The highest BCUT2D eigenvalue weighted by molar-refractivity contribution is 5.95. The molecule has 0 radical (unpaired) electrons. The zero-order chi connectivity index (χ0) is 15.4. The second-order valence-corrected chi connectivity index (χ2v) is 5.27. The van der Waals surface area contributed by atoms with Crippen molar-refractivity contribution < 1.29 is 14.3 Å². The van der Waals surface area contributed by atoms with Crippen LogP contribution in [-0.2, 0) is 4.79 Å². The number of para-hydroxylation sites is 1. The first-order valence-electron chi connectivity index (χ1n) is 7.36. The van der Waals surface area contributed by atoms with Crippen molar-refractivity contribution in [2.24, 2.45) is 0 Å². The highest BCUT2D eigenvalue weighted by atomic mass is 16.5. The van der Waals surface area contributed by atoms with E-state index in [1.165, 1.54) is 0 Å². The first-order valence-corrected chi connectivity index (χ1v) is 7.36. The first kappa shape index (κ1) is 14.3. The maximum atomic E-state index is 12.5. The van der Waals surface area contributed by atoms with E-state index < -0.39 is 0 Å². The predicted octanol–water partition coefficient (Wildman–Crippen LogP) is 3.28. The van der Waals surface area contributed by atoms with Crippen LogP contribution >= 0.6 is 0 Å². The number of likely N-dealkylation sites (tertiary alicyclic amines) is 1. The number of Topliss-reactive ketones (excluding diaryl/α,β-unsaturated/α-hetero) is 1. The topological polar surface area (TPSA) is 46.6 Å². The van der Waals surface area contributed by atoms with E-state index >= 15 is 0 Å². The molecule has 1 heterocycles. The molecule has 4 nitrogen and oxygen atoms in total. The Morgan fingerprint density at radius 3 is 2.32 bits per heavy atom. The maximum Gasteiger partial charge on any atom is 0.254 e. The molecule has 22 heavy (non-hydrogen) atoms. The van der Waals surface area contributed by atoms with Crippen LogP contribution in [-0.4, -0.2) is 29.7 Å². The summed E-state index contributed by atoms with van der Waals surface area (Å²) in [6.07, 6.45) is 0.901. The van der Waals surface area contributed by atoms with Gasteiger partial charge in [0.15, 0.2) is 0 Å². The van der Waals surface area contributed by atoms with Gasteiger partial charge in [0, 0.05) is 31.5 Å². The summed E-state index contributed by atoms with van der Waals surface area (Å²) >= 11 is 0. The summed E-state index contributed by atoms with van der Waals surface area (Å²) in [7, 11) is 0. The lowest BCUT2D eigenvalue weighted by Crippen LogP contribution is -2.38. The number of carbonyl (C=O) groups is 2. The molecule has 1 saturated heterocycles. The van der Waals surface area contributed by atoms with Gasteiger partial charge in [0.05, 0.1) is 0 Å². The van der Waals surface area contributed by atoms with Gasteiger partial charge < -0.3 is 9.64 Å². The molecular weight excluding hydrogens is 278 g/mol. The molecule has 1 aliphatic rings. The molecule has 0 N–H and O–H groups in total. The van der Waals surface area contributed by atoms with E-state index in [1.54, 1.807) is 23.1 Å². The molecule has 2 aromatic carbocycles. The van der Waals surface area contributed by atoms with Crippen molar-refractivity contribution in [3.63, 3.8) is 0 Å². The van der Waals surface area contributed by atoms with Crippen molar-refractivity contribution in [2.45, 2.75) is 12.8 Å².